The van der Waals surface area contributed by atoms with E-state index in [9.17, 15) is 24.4 Å². The smallest absolute Gasteiger partial charge is 0.343 e. The van der Waals surface area contributed by atoms with Crippen LogP contribution >= 0.6 is 0 Å². The van der Waals surface area contributed by atoms with Gasteiger partial charge in [0, 0.05) is 23.2 Å². The molecule has 234 valence electrons. The average molecular weight is 611 g/mol. The van der Waals surface area contributed by atoms with Crippen molar-refractivity contribution >= 4 is 17.7 Å². The van der Waals surface area contributed by atoms with E-state index in [1.54, 1.807) is 29.2 Å². The molecular weight excluding hydrogens is 572 g/mol. The zero-order valence-corrected chi connectivity index (χ0v) is 25.7. The van der Waals surface area contributed by atoms with Crippen LogP contribution in [0.15, 0.2) is 41.2 Å². The largest absolute Gasteiger partial charge is 0.366 e. The normalized spacial score (nSPS) is 21.7. The zero-order chi connectivity index (χ0) is 32.2. The molecule has 12 heteroatoms. The Balaban J connectivity index is 1.47. The number of fused-ring (bicyclic) bond motifs is 3. The van der Waals surface area contributed by atoms with E-state index in [1.165, 1.54) is 4.68 Å². The van der Waals surface area contributed by atoms with Gasteiger partial charge in [0.2, 0.25) is 17.7 Å². The summed E-state index contributed by atoms with van der Waals surface area (Å²) < 4.78 is 1.40. The molecule has 1 saturated heterocycles. The highest BCUT2D eigenvalue weighted by Crippen LogP contribution is 2.48. The van der Waals surface area contributed by atoms with Crippen molar-refractivity contribution in [3.05, 3.63) is 86.1 Å². The Morgan fingerprint density at radius 2 is 1.64 bits per heavy atom. The Hall–Kier alpha value is -4.76. The fourth-order valence-electron chi connectivity index (χ4n) is 7.42. The number of aryl methyl sites for hydroxylation is 2. The van der Waals surface area contributed by atoms with Crippen molar-refractivity contribution in [3.63, 3.8) is 0 Å². The lowest BCUT2D eigenvalue weighted by molar-refractivity contribution is -0.131. The van der Waals surface area contributed by atoms with Gasteiger partial charge in [0.25, 0.3) is 0 Å². The van der Waals surface area contributed by atoms with Crippen LogP contribution in [-0.2, 0) is 23.1 Å². The number of piperidine rings is 1. The van der Waals surface area contributed by atoms with Gasteiger partial charge < -0.3 is 21.7 Å². The Morgan fingerprint density at radius 3 is 2.16 bits per heavy atom. The van der Waals surface area contributed by atoms with E-state index in [-0.39, 0.29) is 36.3 Å². The van der Waals surface area contributed by atoms with Crippen molar-refractivity contribution < 1.29 is 14.4 Å². The average Bonchev–Trinajstić information content (AvgIpc) is 3.53. The van der Waals surface area contributed by atoms with Crippen LogP contribution in [0.2, 0.25) is 0 Å². The summed E-state index contributed by atoms with van der Waals surface area (Å²) in [5.74, 6) is -0.384. The molecule has 2 fully saturated rings. The monoisotopic (exact) mass is 610 g/mol. The number of carbonyl (C=O) groups is 3. The summed E-state index contributed by atoms with van der Waals surface area (Å²) in [6.45, 7) is 5.77. The highest BCUT2D eigenvalue weighted by molar-refractivity contribution is 5.94. The number of nitrogens with zero attached hydrogens (tertiary/aromatic N) is 4. The molecule has 12 nitrogen and oxygen atoms in total. The minimum atomic E-state index is -1.05. The fourth-order valence-corrected chi connectivity index (χ4v) is 7.42. The first-order chi connectivity index (χ1) is 21.4. The predicted molar refractivity (Wildman–Crippen MR) is 165 cm³/mol. The molecule has 1 unspecified atom stereocenters. The zero-order valence-electron chi connectivity index (χ0n) is 25.7. The number of aromatic nitrogens is 3. The van der Waals surface area contributed by atoms with Gasteiger partial charge in [-0.3, -0.25) is 19.4 Å². The Labute approximate surface area is 260 Å². The van der Waals surface area contributed by atoms with Crippen molar-refractivity contribution in [2.45, 2.75) is 82.5 Å². The van der Waals surface area contributed by atoms with E-state index in [2.05, 4.69) is 16.4 Å². The molecule has 2 aliphatic carbocycles. The molecule has 3 aromatic rings. The lowest BCUT2D eigenvalue weighted by Crippen LogP contribution is -2.46. The van der Waals surface area contributed by atoms with Crippen molar-refractivity contribution in [2.24, 2.45) is 17.4 Å². The number of hydrogen-bond acceptors (Lipinski definition) is 7. The second kappa shape index (κ2) is 11.3. The maximum absolute atomic E-state index is 13.3. The predicted octanol–water partition coefficient (Wildman–Crippen LogP) is 1.66. The first kappa shape index (κ1) is 30.3. The molecule has 0 bridgehead atoms. The van der Waals surface area contributed by atoms with E-state index in [4.69, 9.17) is 16.6 Å². The van der Waals surface area contributed by atoms with Gasteiger partial charge in [0.05, 0.1) is 24.1 Å². The minimum absolute atomic E-state index is 0.0521. The van der Waals surface area contributed by atoms with Crippen molar-refractivity contribution in [3.8, 4) is 6.07 Å². The van der Waals surface area contributed by atoms with Gasteiger partial charge in [-0.2, -0.15) is 10.4 Å². The maximum Gasteiger partial charge on any atom is 0.343 e. The van der Waals surface area contributed by atoms with Crippen LogP contribution < -0.4 is 22.5 Å². The van der Waals surface area contributed by atoms with E-state index >= 15 is 0 Å². The van der Waals surface area contributed by atoms with Gasteiger partial charge in [-0.25, -0.2) is 9.48 Å². The van der Waals surface area contributed by atoms with Crippen LogP contribution in [0.4, 0.5) is 0 Å². The number of primary amides is 2. The number of amides is 3. The summed E-state index contributed by atoms with van der Waals surface area (Å²) in [5, 5.41) is 17.8. The first-order valence-corrected chi connectivity index (χ1v) is 15.4. The van der Waals surface area contributed by atoms with E-state index in [0.717, 1.165) is 35.1 Å². The SMILES string of the molecule is CC(C)n1nc(C2(C[C@@H](C)NCC(=O)N3C(C#N)C[C@@H]4C[C@@H]43)c3ccc(C(N)=O)cc3CCc3cc(C(N)=O)ccc32)[nH]c1=O. The van der Waals surface area contributed by atoms with Crippen LogP contribution in [0, 0.1) is 17.2 Å². The van der Waals surface area contributed by atoms with Gasteiger partial charge in [0.1, 0.15) is 11.9 Å². The number of likely N-dealkylation sites (tertiary alicyclic amines) is 1. The van der Waals surface area contributed by atoms with Gasteiger partial charge in [-0.15, -0.1) is 0 Å². The number of nitrogens with two attached hydrogens (primary N) is 2. The summed E-state index contributed by atoms with van der Waals surface area (Å²) in [7, 11) is 0. The van der Waals surface area contributed by atoms with Crippen LogP contribution in [0.3, 0.4) is 0 Å². The molecule has 0 radical (unpaired) electrons. The molecule has 3 aliphatic rings. The molecule has 6 rings (SSSR count). The Morgan fingerprint density at radius 1 is 1.04 bits per heavy atom. The van der Waals surface area contributed by atoms with Gasteiger partial charge in [-0.1, -0.05) is 12.1 Å². The lowest BCUT2D eigenvalue weighted by Gasteiger charge is -2.37. The minimum Gasteiger partial charge on any atom is -0.366 e. The number of H-pyrrole nitrogens is 1. The van der Waals surface area contributed by atoms with Gasteiger partial charge in [0.15, 0.2) is 0 Å². The van der Waals surface area contributed by atoms with Crippen molar-refractivity contribution in [2.75, 3.05) is 6.54 Å². The topological polar surface area (TPSA) is 193 Å². The number of aromatic amines is 1. The molecule has 1 aliphatic heterocycles. The molecular formula is C33H38N8O4. The quantitative estimate of drug-likeness (QED) is 0.283. The molecule has 3 amide bonds. The first-order valence-electron chi connectivity index (χ1n) is 15.4. The summed E-state index contributed by atoms with van der Waals surface area (Å²) in [6, 6.07) is 12.2. The van der Waals surface area contributed by atoms with Crippen molar-refractivity contribution in [1.82, 2.24) is 25.0 Å². The summed E-state index contributed by atoms with van der Waals surface area (Å²) in [6.07, 6.45) is 3.12. The van der Waals surface area contributed by atoms with Crippen LogP contribution in [0.25, 0.3) is 0 Å². The summed E-state index contributed by atoms with van der Waals surface area (Å²) in [4.78, 5) is 55.8. The molecule has 1 saturated carbocycles. The second-order valence-electron chi connectivity index (χ2n) is 12.9. The third kappa shape index (κ3) is 5.21. The Bertz CT molecular complexity index is 1730. The molecule has 6 N–H and O–H groups in total. The molecule has 45 heavy (non-hydrogen) atoms. The standard InChI is InChI=1S/C33H38N8O4/c1-17(2)41-32(45)38-31(39-41)33(14-18(3)37-16-28(42)40-24(15-34)12-23-13-27(23)40)25-8-6-21(29(35)43)10-19(25)4-5-20-11-22(30(36)44)7-9-26(20)33/h6-11,17-18,23-24,27,37H,4-5,12-14,16H2,1-3H3,(H2,35,43)(H2,36,44)(H,38,39,45)/t18-,23-,24?,27+/m1/s1. The van der Waals surface area contributed by atoms with Crippen LogP contribution in [-0.4, -0.2) is 62.1 Å². The number of carbonyl (C=O) groups excluding carboxylic acids is 3. The third-order valence-electron chi connectivity index (χ3n) is 9.65. The van der Waals surface area contributed by atoms with Crippen LogP contribution in [0.1, 0.15) is 94.9 Å². The van der Waals surface area contributed by atoms with Crippen LogP contribution in [0.5, 0.6) is 0 Å². The summed E-state index contributed by atoms with van der Waals surface area (Å²) in [5.41, 5.74) is 14.1. The summed E-state index contributed by atoms with van der Waals surface area (Å²) >= 11 is 0. The molecule has 1 aromatic heterocycles. The number of hydrogen-bond donors (Lipinski definition) is 4. The fraction of sp³-hybridized carbons (Fsp3) is 0.455. The van der Waals surface area contributed by atoms with Gasteiger partial charge in [-0.05, 0) is 105 Å². The molecule has 2 aromatic carbocycles. The number of benzene rings is 2. The van der Waals surface area contributed by atoms with E-state index < -0.39 is 23.3 Å². The maximum atomic E-state index is 13.3. The highest BCUT2D eigenvalue weighted by Gasteiger charge is 2.54. The Kier molecular flexibility index (Phi) is 7.61. The van der Waals surface area contributed by atoms with Gasteiger partial charge >= 0.3 is 5.69 Å². The molecule has 2 heterocycles. The number of rotatable bonds is 9. The number of nitriles is 1. The lowest BCUT2D eigenvalue weighted by atomic mass is 9.67. The van der Waals surface area contributed by atoms with Crippen molar-refractivity contribution in [1.29, 1.82) is 5.26 Å². The second-order valence-corrected chi connectivity index (χ2v) is 12.9. The third-order valence-corrected chi connectivity index (χ3v) is 9.65. The number of nitrogens with one attached hydrogen (secondary N) is 2. The highest BCUT2D eigenvalue weighted by atomic mass is 16.2. The molecule has 0 spiro atoms. The van der Waals surface area contributed by atoms with E-state index in [0.29, 0.717) is 42.1 Å². The molecule has 4 atom stereocenters. The van der Waals surface area contributed by atoms with E-state index in [1.807, 2.05) is 32.9 Å².